The predicted molar refractivity (Wildman–Crippen MR) is 56.5 cm³/mol. The van der Waals surface area contributed by atoms with E-state index in [9.17, 15) is 5.11 Å². The summed E-state index contributed by atoms with van der Waals surface area (Å²) >= 11 is 0. The lowest BCUT2D eigenvalue weighted by Crippen LogP contribution is -2.32. The second-order valence-corrected chi connectivity index (χ2v) is 4.68. The van der Waals surface area contributed by atoms with Crippen molar-refractivity contribution in [3.8, 4) is 0 Å². The molecule has 1 aliphatic rings. The van der Waals surface area contributed by atoms with Gasteiger partial charge in [0.2, 0.25) is 0 Å². The normalized spacial score (nSPS) is 32.5. The van der Waals surface area contributed by atoms with Crippen LogP contribution in [0.3, 0.4) is 0 Å². The molecule has 0 amide bonds. The lowest BCUT2D eigenvalue weighted by atomic mass is 9.69. The van der Waals surface area contributed by atoms with E-state index in [1.54, 1.807) is 0 Å². The summed E-state index contributed by atoms with van der Waals surface area (Å²) in [4.78, 5) is 0. The van der Waals surface area contributed by atoms with Gasteiger partial charge in [0.1, 0.15) is 0 Å². The van der Waals surface area contributed by atoms with Gasteiger partial charge in [0.15, 0.2) is 0 Å². The maximum absolute atomic E-state index is 9.70. The van der Waals surface area contributed by atoms with E-state index in [0.29, 0.717) is 5.92 Å². The summed E-state index contributed by atoms with van der Waals surface area (Å²) in [6.45, 7) is 10.2. The first-order valence-electron chi connectivity index (χ1n) is 4.95. The summed E-state index contributed by atoms with van der Waals surface area (Å²) in [5.74, 6) is 0.531. The van der Waals surface area contributed by atoms with E-state index in [1.807, 2.05) is 13.0 Å². The van der Waals surface area contributed by atoms with E-state index in [2.05, 4.69) is 26.5 Å². The molecule has 2 atom stereocenters. The van der Waals surface area contributed by atoms with Crippen LogP contribution in [0, 0.1) is 11.3 Å². The first kappa shape index (κ1) is 10.5. The highest BCUT2D eigenvalue weighted by molar-refractivity contribution is 5.16. The monoisotopic (exact) mass is 180 g/mol. The quantitative estimate of drug-likeness (QED) is 0.648. The van der Waals surface area contributed by atoms with Crippen molar-refractivity contribution < 1.29 is 5.11 Å². The lowest BCUT2D eigenvalue weighted by molar-refractivity contribution is 0.119. The SMILES string of the molecule is C=CCC1CC(O)C(C)=CC1(C)C. The number of aliphatic hydroxyl groups excluding tert-OH is 1. The molecule has 0 saturated heterocycles. The number of allylic oxidation sites excluding steroid dienone is 2. The maximum atomic E-state index is 9.70. The van der Waals surface area contributed by atoms with Crippen molar-refractivity contribution in [2.45, 2.75) is 39.7 Å². The number of hydrogen-bond donors (Lipinski definition) is 1. The predicted octanol–water partition coefficient (Wildman–Crippen LogP) is 2.92. The Hall–Kier alpha value is -0.560. The van der Waals surface area contributed by atoms with E-state index in [-0.39, 0.29) is 11.5 Å². The van der Waals surface area contributed by atoms with Crippen LogP contribution >= 0.6 is 0 Å². The zero-order valence-corrected chi connectivity index (χ0v) is 8.88. The molecule has 0 fully saturated rings. The molecule has 0 spiro atoms. The molecule has 74 valence electrons. The molecule has 1 nitrogen and oxygen atoms in total. The van der Waals surface area contributed by atoms with Gasteiger partial charge in [-0.1, -0.05) is 26.0 Å². The topological polar surface area (TPSA) is 20.2 Å². The molecule has 1 rings (SSSR count). The fraction of sp³-hybridized carbons (Fsp3) is 0.667. The van der Waals surface area contributed by atoms with Crippen molar-refractivity contribution in [2.75, 3.05) is 0 Å². The summed E-state index contributed by atoms with van der Waals surface area (Å²) in [6.07, 6.45) is 5.79. The minimum atomic E-state index is -0.238. The van der Waals surface area contributed by atoms with Crippen LogP contribution in [-0.2, 0) is 0 Å². The smallest absolute Gasteiger partial charge is 0.0750 e. The molecule has 1 heteroatoms. The van der Waals surface area contributed by atoms with Crippen LogP contribution in [0.4, 0.5) is 0 Å². The van der Waals surface area contributed by atoms with E-state index < -0.39 is 0 Å². The summed E-state index contributed by atoms with van der Waals surface area (Å²) < 4.78 is 0. The summed E-state index contributed by atoms with van der Waals surface area (Å²) in [7, 11) is 0. The molecule has 0 heterocycles. The highest BCUT2D eigenvalue weighted by Crippen LogP contribution is 2.40. The fourth-order valence-electron chi connectivity index (χ4n) is 2.16. The highest BCUT2D eigenvalue weighted by atomic mass is 16.3. The van der Waals surface area contributed by atoms with Gasteiger partial charge in [0, 0.05) is 0 Å². The second-order valence-electron chi connectivity index (χ2n) is 4.68. The van der Waals surface area contributed by atoms with Gasteiger partial charge >= 0.3 is 0 Å². The second kappa shape index (κ2) is 3.67. The molecular formula is C12H20O. The highest BCUT2D eigenvalue weighted by Gasteiger charge is 2.33. The Morgan fingerprint density at radius 1 is 1.69 bits per heavy atom. The fourth-order valence-corrected chi connectivity index (χ4v) is 2.16. The summed E-state index contributed by atoms with van der Waals surface area (Å²) in [6, 6.07) is 0. The van der Waals surface area contributed by atoms with E-state index in [0.717, 1.165) is 18.4 Å². The zero-order valence-electron chi connectivity index (χ0n) is 8.88. The Bertz CT molecular complexity index is 225. The average molecular weight is 180 g/mol. The molecule has 1 aliphatic carbocycles. The molecule has 0 aromatic heterocycles. The van der Waals surface area contributed by atoms with E-state index >= 15 is 0 Å². The molecule has 2 unspecified atom stereocenters. The molecule has 13 heavy (non-hydrogen) atoms. The summed E-state index contributed by atoms with van der Waals surface area (Å²) in [5, 5.41) is 9.70. The van der Waals surface area contributed by atoms with E-state index in [4.69, 9.17) is 0 Å². The minimum absolute atomic E-state index is 0.206. The van der Waals surface area contributed by atoms with Crippen LogP contribution in [0.2, 0.25) is 0 Å². The van der Waals surface area contributed by atoms with Crippen LogP contribution in [0.5, 0.6) is 0 Å². The minimum Gasteiger partial charge on any atom is -0.389 e. The van der Waals surface area contributed by atoms with Crippen LogP contribution in [0.25, 0.3) is 0 Å². The number of aliphatic hydroxyl groups is 1. The Morgan fingerprint density at radius 3 is 2.85 bits per heavy atom. The Labute approximate surface area is 81.2 Å². The van der Waals surface area contributed by atoms with Crippen molar-refractivity contribution in [1.82, 2.24) is 0 Å². The molecule has 0 aromatic carbocycles. The Balaban J connectivity index is 2.84. The van der Waals surface area contributed by atoms with Gasteiger partial charge in [0.25, 0.3) is 0 Å². The maximum Gasteiger partial charge on any atom is 0.0750 e. The van der Waals surface area contributed by atoms with Crippen LogP contribution in [0.15, 0.2) is 24.3 Å². The van der Waals surface area contributed by atoms with Crippen LogP contribution < -0.4 is 0 Å². The first-order chi connectivity index (χ1) is 5.97. The lowest BCUT2D eigenvalue weighted by Gasteiger charge is -2.38. The number of hydrogen-bond acceptors (Lipinski definition) is 1. The van der Waals surface area contributed by atoms with Crippen molar-refractivity contribution in [3.05, 3.63) is 24.3 Å². The van der Waals surface area contributed by atoms with Crippen molar-refractivity contribution >= 4 is 0 Å². The average Bonchev–Trinajstić information content (AvgIpc) is 2.00. The third-order valence-corrected chi connectivity index (χ3v) is 3.14. The third kappa shape index (κ3) is 2.22. The van der Waals surface area contributed by atoms with Crippen LogP contribution in [-0.4, -0.2) is 11.2 Å². The standard InChI is InChI=1S/C12H20O/c1-5-6-10-7-11(13)9(2)8-12(10,3)4/h5,8,10-11,13H,1,6-7H2,2-4H3. The van der Waals surface area contributed by atoms with E-state index in [1.165, 1.54) is 0 Å². The third-order valence-electron chi connectivity index (χ3n) is 3.14. The first-order valence-corrected chi connectivity index (χ1v) is 4.95. The van der Waals surface area contributed by atoms with Crippen molar-refractivity contribution in [2.24, 2.45) is 11.3 Å². The Morgan fingerprint density at radius 2 is 2.31 bits per heavy atom. The van der Waals surface area contributed by atoms with Crippen molar-refractivity contribution in [1.29, 1.82) is 0 Å². The van der Waals surface area contributed by atoms with Crippen molar-refractivity contribution in [3.63, 3.8) is 0 Å². The largest absolute Gasteiger partial charge is 0.389 e. The molecule has 1 N–H and O–H groups in total. The molecule has 0 saturated carbocycles. The van der Waals surface area contributed by atoms with Gasteiger partial charge in [-0.05, 0) is 36.7 Å². The van der Waals surface area contributed by atoms with Gasteiger partial charge in [-0.3, -0.25) is 0 Å². The summed E-state index contributed by atoms with van der Waals surface area (Å²) in [5.41, 5.74) is 1.32. The van der Waals surface area contributed by atoms with Gasteiger partial charge in [-0.25, -0.2) is 0 Å². The Kier molecular flexibility index (Phi) is 2.97. The van der Waals surface area contributed by atoms with Gasteiger partial charge in [-0.2, -0.15) is 0 Å². The van der Waals surface area contributed by atoms with Crippen LogP contribution in [0.1, 0.15) is 33.6 Å². The molecule has 0 aliphatic heterocycles. The van der Waals surface area contributed by atoms with Gasteiger partial charge in [-0.15, -0.1) is 6.58 Å². The molecule has 0 aromatic rings. The number of rotatable bonds is 2. The van der Waals surface area contributed by atoms with Gasteiger partial charge in [0.05, 0.1) is 6.10 Å². The molecular weight excluding hydrogens is 160 g/mol. The molecule has 0 radical (unpaired) electrons. The zero-order chi connectivity index (χ0) is 10.1. The molecule has 0 bridgehead atoms. The van der Waals surface area contributed by atoms with Gasteiger partial charge < -0.3 is 5.11 Å².